The fourth-order valence-corrected chi connectivity index (χ4v) is 3.30. The van der Waals surface area contributed by atoms with Crippen LogP contribution in [0.15, 0.2) is 42.5 Å². The molecule has 0 bridgehead atoms. The predicted octanol–water partition coefficient (Wildman–Crippen LogP) is 3.66. The molecule has 0 radical (unpaired) electrons. The van der Waals surface area contributed by atoms with Crippen LogP contribution in [-0.2, 0) is 11.2 Å². The van der Waals surface area contributed by atoms with Crippen molar-refractivity contribution in [3.63, 3.8) is 0 Å². The summed E-state index contributed by atoms with van der Waals surface area (Å²) in [6.07, 6.45) is 3.52. The highest BCUT2D eigenvalue weighted by Crippen LogP contribution is 2.24. The molecule has 0 heterocycles. The first-order valence-corrected chi connectivity index (χ1v) is 7.58. The molecule has 2 nitrogen and oxygen atoms in total. The lowest BCUT2D eigenvalue weighted by molar-refractivity contribution is -0.121. The Morgan fingerprint density at radius 1 is 1.15 bits per heavy atom. The van der Waals surface area contributed by atoms with Gasteiger partial charge in [0.05, 0.1) is 11.8 Å². The molecule has 20 heavy (non-hydrogen) atoms. The fourth-order valence-electron chi connectivity index (χ4n) is 2.95. The second-order valence-corrected chi connectivity index (χ2v) is 6.00. The van der Waals surface area contributed by atoms with E-state index in [1.807, 2.05) is 24.3 Å². The average molecular weight is 288 g/mol. The number of amides is 1. The molecule has 1 N–H and O–H groups in total. The van der Waals surface area contributed by atoms with Crippen molar-refractivity contribution in [1.29, 1.82) is 0 Å². The number of halogens is 1. The normalized spacial score (nSPS) is 22.1. The summed E-state index contributed by atoms with van der Waals surface area (Å²) in [5.74, 6) is 0.0684. The molecule has 2 atom stereocenters. The number of carbonyl (C=O) groups is 1. The quantitative estimate of drug-likeness (QED) is 0.858. The van der Waals surface area contributed by atoms with Crippen LogP contribution in [0.4, 0.5) is 0 Å². The zero-order valence-electron chi connectivity index (χ0n) is 11.3. The van der Waals surface area contributed by atoms with Crippen LogP contribution in [0, 0.1) is 0 Å². The summed E-state index contributed by atoms with van der Waals surface area (Å²) in [6.45, 7) is 0. The standard InChI is InChI=1S/C17H18ClNO/c18-15-9-4-10-16(15)19-17(20)11-13-7-3-6-12-5-1-2-8-14(12)13/h1-3,5-8,15-16H,4,9-11H2,(H,19,20). The molecular weight excluding hydrogens is 270 g/mol. The summed E-state index contributed by atoms with van der Waals surface area (Å²) in [4.78, 5) is 12.2. The van der Waals surface area contributed by atoms with Gasteiger partial charge in [0.25, 0.3) is 0 Å². The van der Waals surface area contributed by atoms with Gasteiger partial charge in [-0.15, -0.1) is 11.6 Å². The van der Waals surface area contributed by atoms with Crippen LogP contribution in [0.25, 0.3) is 10.8 Å². The molecule has 2 unspecified atom stereocenters. The van der Waals surface area contributed by atoms with E-state index < -0.39 is 0 Å². The van der Waals surface area contributed by atoms with Crippen LogP contribution >= 0.6 is 11.6 Å². The van der Waals surface area contributed by atoms with E-state index in [2.05, 4.69) is 23.5 Å². The Morgan fingerprint density at radius 3 is 2.75 bits per heavy atom. The largest absolute Gasteiger partial charge is 0.352 e. The second-order valence-electron chi connectivity index (χ2n) is 5.44. The number of alkyl halides is 1. The molecule has 3 heteroatoms. The minimum absolute atomic E-state index is 0.0684. The van der Waals surface area contributed by atoms with Crippen LogP contribution in [0.2, 0.25) is 0 Å². The molecule has 1 amide bonds. The third-order valence-electron chi connectivity index (χ3n) is 4.01. The van der Waals surface area contributed by atoms with Gasteiger partial charge >= 0.3 is 0 Å². The maximum absolute atomic E-state index is 12.2. The molecule has 0 aromatic heterocycles. The summed E-state index contributed by atoms with van der Waals surface area (Å²) in [6, 6.07) is 14.4. The highest BCUT2D eigenvalue weighted by atomic mass is 35.5. The van der Waals surface area contributed by atoms with Crippen molar-refractivity contribution in [2.75, 3.05) is 0 Å². The van der Waals surface area contributed by atoms with E-state index in [0.717, 1.165) is 30.2 Å². The summed E-state index contributed by atoms with van der Waals surface area (Å²) in [5, 5.41) is 5.49. The van der Waals surface area contributed by atoms with Gasteiger partial charge in [0.1, 0.15) is 0 Å². The topological polar surface area (TPSA) is 29.1 Å². The second kappa shape index (κ2) is 5.84. The Balaban J connectivity index is 1.74. The molecule has 1 aliphatic rings. The number of carbonyl (C=O) groups excluding carboxylic acids is 1. The number of nitrogens with one attached hydrogen (secondary N) is 1. The molecule has 0 spiro atoms. The fraction of sp³-hybridized carbons (Fsp3) is 0.353. The third-order valence-corrected chi connectivity index (χ3v) is 4.53. The molecule has 0 aliphatic heterocycles. The van der Waals surface area contributed by atoms with Crippen molar-refractivity contribution in [1.82, 2.24) is 5.32 Å². The lowest BCUT2D eigenvalue weighted by Gasteiger charge is -2.16. The number of benzene rings is 2. The van der Waals surface area contributed by atoms with Gasteiger partial charge < -0.3 is 5.32 Å². The zero-order valence-corrected chi connectivity index (χ0v) is 12.1. The van der Waals surface area contributed by atoms with Crippen molar-refractivity contribution in [3.05, 3.63) is 48.0 Å². The van der Waals surface area contributed by atoms with Gasteiger partial charge in [0, 0.05) is 6.04 Å². The zero-order chi connectivity index (χ0) is 13.9. The van der Waals surface area contributed by atoms with Gasteiger partial charge in [-0.05, 0) is 35.6 Å². The first-order chi connectivity index (χ1) is 9.74. The Kier molecular flexibility index (Phi) is 3.93. The van der Waals surface area contributed by atoms with Crippen molar-refractivity contribution >= 4 is 28.3 Å². The Hall–Kier alpha value is -1.54. The van der Waals surface area contributed by atoms with Gasteiger partial charge in [0.15, 0.2) is 0 Å². The highest BCUT2D eigenvalue weighted by Gasteiger charge is 2.26. The van der Waals surface area contributed by atoms with E-state index in [0.29, 0.717) is 6.42 Å². The van der Waals surface area contributed by atoms with Crippen molar-refractivity contribution < 1.29 is 4.79 Å². The van der Waals surface area contributed by atoms with Crippen LogP contribution in [0.1, 0.15) is 24.8 Å². The molecular formula is C17H18ClNO. The van der Waals surface area contributed by atoms with E-state index in [1.54, 1.807) is 0 Å². The minimum Gasteiger partial charge on any atom is -0.352 e. The van der Waals surface area contributed by atoms with Crippen LogP contribution in [0.3, 0.4) is 0 Å². The first-order valence-electron chi connectivity index (χ1n) is 7.14. The van der Waals surface area contributed by atoms with Crippen LogP contribution in [-0.4, -0.2) is 17.3 Å². The lowest BCUT2D eigenvalue weighted by atomic mass is 10.0. The van der Waals surface area contributed by atoms with Gasteiger partial charge in [-0.3, -0.25) is 4.79 Å². The van der Waals surface area contributed by atoms with Gasteiger partial charge in [0.2, 0.25) is 5.91 Å². The number of rotatable bonds is 3. The summed E-state index contributed by atoms with van der Waals surface area (Å²) in [7, 11) is 0. The Labute approximate surface area is 124 Å². The average Bonchev–Trinajstić information content (AvgIpc) is 2.85. The van der Waals surface area contributed by atoms with E-state index in [1.165, 1.54) is 5.39 Å². The molecule has 104 valence electrons. The Morgan fingerprint density at radius 2 is 1.95 bits per heavy atom. The predicted molar refractivity (Wildman–Crippen MR) is 83.1 cm³/mol. The summed E-state index contributed by atoms with van der Waals surface area (Å²) < 4.78 is 0. The first kappa shape index (κ1) is 13.4. The minimum atomic E-state index is 0.0684. The van der Waals surface area contributed by atoms with E-state index in [-0.39, 0.29) is 17.3 Å². The smallest absolute Gasteiger partial charge is 0.224 e. The molecule has 1 fully saturated rings. The molecule has 2 aromatic carbocycles. The number of fused-ring (bicyclic) bond motifs is 1. The maximum atomic E-state index is 12.2. The number of hydrogen-bond acceptors (Lipinski definition) is 1. The summed E-state index contributed by atoms with van der Waals surface area (Å²) >= 11 is 6.21. The van der Waals surface area contributed by atoms with Gasteiger partial charge in [-0.1, -0.05) is 42.5 Å². The molecule has 1 aliphatic carbocycles. The molecule has 2 aromatic rings. The van der Waals surface area contributed by atoms with Gasteiger partial charge in [-0.2, -0.15) is 0 Å². The van der Waals surface area contributed by atoms with Crippen molar-refractivity contribution in [3.8, 4) is 0 Å². The van der Waals surface area contributed by atoms with Gasteiger partial charge in [-0.25, -0.2) is 0 Å². The van der Waals surface area contributed by atoms with Crippen LogP contribution < -0.4 is 5.32 Å². The van der Waals surface area contributed by atoms with Crippen molar-refractivity contribution in [2.24, 2.45) is 0 Å². The lowest BCUT2D eigenvalue weighted by Crippen LogP contribution is -2.38. The third kappa shape index (κ3) is 2.80. The van der Waals surface area contributed by atoms with Crippen LogP contribution in [0.5, 0.6) is 0 Å². The highest BCUT2D eigenvalue weighted by molar-refractivity contribution is 6.21. The Bertz CT molecular complexity index is 620. The van der Waals surface area contributed by atoms with E-state index >= 15 is 0 Å². The van der Waals surface area contributed by atoms with Crippen molar-refractivity contribution in [2.45, 2.75) is 37.1 Å². The number of hydrogen-bond donors (Lipinski definition) is 1. The molecule has 1 saturated carbocycles. The summed E-state index contributed by atoms with van der Waals surface area (Å²) in [5.41, 5.74) is 1.07. The monoisotopic (exact) mass is 287 g/mol. The molecule has 3 rings (SSSR count). The maximum Gasteiger partial charge on any atom is 0.224 e. The SMILES string of the molecule is O=C(Cc1cccc2ccccc12)NC1CCCC1Cl. The molecule has 0 saturated heterocycles. The van der Waals surface area contributed by atoms with E-state index in [4.69, 9.17) is 11.6 Å². The van der Waals surface area contributed by atoms with E-state index in [9.17, 15) is 4.79 Å².